The second-order valence-electron chi connectivity index (χ2n) is 10.7. The molecule has 0 radical (unpaired) electrons. The number of alkyl halides is 2. The number of allylic oxidation sites excluding steroid dienone is 2. The molecule has 170 valence electrons. The summed E-state index contributed by atoms with van der Waals surface area (Å²) < 4.78 is 20.0. The fourth-order valence-electron chi connectivity index (χ4n) is 7.80. The number of fused-ring (bicyclic) bond motifs is 5. The van der Waals surface area contributed by atoms with E-state index in [0.717, 1.165) is 18.4 Å². The van der Waals surface area contributed by atoms with E-state index in [1.54, 1.807) is 0 Å². The van der Waals surface area contributed by atoms with E-state index in [-0.39, 0.29) is 47.8 Å². The molecule has 31 heavy (non-hydrogen) atoms. The van der Waals surface area contributed by atoms with Crippen molar-refractivity contribution in [3.63, 3.8) is 0 Å². The highest BCUT2D eigenvalue weighted by Gasteiger charge is 2.69. The van der Waals surface area contributed by atoms with Gasteiger partial charge in [-0.1, -0.05) is 42.9 Å². The Hall–Kier alpha value is -1.30. The van der Waals surface area contributed by atoms with Crippen molar-refractivity contribution in [3.05, 3.63) is 24.3 Å². The van der Waals surface area contributed by atoms with Crippen LogP contribution in [0.4, 0.5) is 4.39 Å². The Balaban J connectivity index is 1.70. The Labute approximate surface area is 192 Å². The van der Waals surface area contributed by atoms with E-state index in [1.165, 1.54) is 6.92 Å². The summed E-state index contributed by atoms with van der Waals surface area (Å²) in [5.74, 6) is -0.699. The van der Waals surface area contributed by atoms with Crippen LogP contribution in [-0.4, -0.2) is 34.6 Å². The van der Waals surface area contributed by atoms with E-state index in [4.69, 9.17) is 4.74 Å². The van der Waals surface area contributed by atoms with Gasteiger partial charge < -0.3 is 4.74 Å². The molecule has 4 nitrogen and oxygen atoms in total. The number of Topliss-reactive ketones (excluding diaryl/α,β-unsaturated/α-hetero) is 2. The zero-order valence-electron chi connectivity index (χ0n) is 18.6. The first-order valence-electron chi connectivity index (χ1n) is 11.3. The van der Waals surface area contributed by atoms with Crippen LogP contribution in [0.15, 0.2) is 24.3 Å². The summed E-state index contributed by atoms with van der Waals surface area (Å²) in [6.45, 7) is 13.8. The molecular weight excluding hydrogens is 463 g/mol. The van der Waals surface area contributed by atoms with Gasteiger partial charge in [0.25, 0.3) is 0 Å². The number of hydrogen-bond donors (Lipinski definition) is 0. The molecule has 0 heterocycles. The summed E-state index contributed by atoms with van der Waals surface area (Å²) in [5.41, 5.74) is 0.828. The predicted octanol–water partition coefficient (Wildman–Crippen LogP) is 5.14. The summed E-state index contributed by atoms with van der Waals surface area (Å²) in [5, 5.41) is 0. The number of hydrogen-bond acceptors (Lipinski definition) is 4. The lowest BCUT2D eigenvalue weighted by molar-refractivity contribution is -0.151. The number of ether oxygens (including phenoxy) is 1. The summed E-state index contributed by atoms with van der Waals surface area (Å²) in [6.07, 6.45) is 2.33. The Morgan fingerprint density at radius 2 is 1.90 bits per heavy atom. The molecule has 4 saturated carbocycles. The van der Waals surface area contributed by atoms with Crippen molar-refractivity contribution >= 4 is 33.5 Å². The molecule has 0 saturated heterocycles. The molecular formula is C25H32BrFO4. The molecule has 6 heteroatoms. The Morgan fingerprint density at radius 3 is 2.55 bits per heavy atom. The first-order valence-corrected chi connectivity index (χ1v) is 12.0. The second-order valence-corrected chi connectivity index (χ2v) is 12.1. The minimum absolute atomic E-state index is 0.0326. The van der Waals surface area contributed by atoms with E-state index >= 15 is 4.39 Å². The maximum Gasteiger partial charge on any atom is 0.303 e. The lowest BCUT2D eigenvalue weighted by atomic mass is 9.44. The van der Waals surface area contributed by atoms with E-state index in [0.29, 0.717) is 24.8 Å². The number of carbonyl (C=O) groups is 3. The van der Waals surface area contributed by atoms with Gasteiger partial charge in [-0.3, -0.25) is 14.4 Å². The number of ketones is 2. The number of rotatable bonds is 3. The smallest absolute Gasteiger partial charge is 0.303 e. The van der Waals surface area contributed by atoms with Crippen molar-refractivity contribution in [3.8, 4) is 0 Å². The Kier molecular flexibility index (Phi) is 5.43. The largest absolute Gasteiger partial charge is 0.458 e. The quantitative estimate of drug-likeness (QED) is 0.402. The average Bonchev–Trinajstić information content (AvgIpc) is 2.88. The first kappa shape index (κ1) is 22.9. The topological polar surface area (TPSA) is 60.4 Å². The normalized spacial score (nSPS) is 46.7. The molecule has 4 aliphatic carbocycles. The molecule has 0 spiro atoms. The van der Waals surface area contributed by atoms with Gasteiger partial charge >= 0.3 is 5.97 Å². The monoisotopic (exact) mass is 494 g/mol. The Bertz CT molecular complexity index is 883. The Morgan fingerprint density at radius 1 is 1.23 bits per heavy atom. The maximum atomic E-state index is 15.8. The lowest BCUT2D eigenvalue weighted by Gasteiger charge is -2.64. The summed E-state index contributed by atoms with van der Waals surface area (Å²) in [4.78, 5) is 36.5. The highest BCUT2D eigenvalue weighted by atomic mass is 79.9. The predicted molar refractivity (Wildman–Crippen MR) is 119 cm³/mol. The van der Waals surface area contributed by atoms with Gasteiger partial charge in [-0.05, 0) is 65.4 Å². The summed E-state index contributed by atoms with van der Waals surface area (Å²) in [7, 11) is 0. The molecule has 0 bridgehead atoms. The SMILES string of the molecule is C=C1C(=C)[C@H]2[C@@H]3CC(F)C4(Br)CC(=O)CC[C@]4(C)[C@H]3CC[C@]2(C)[C@H]1C(=O)COC(C)=O. The summed E-state index contributed by atoms with van der Waals surface area (Å²) in [6, 6.07) is 0. The molecule has 4 aliphatic rings. The fraction of sp³-hybridized carbons (Fsp3) is 0.720. The molecule has 4 fully saturated rings. The van der Waals surface area contributed by atoms with Crippen LogP contribution in [0.3, 0.4) is 0 Å². The number of carbonyl (C=O) groups excluding carboxylic acids is 3. The third-order valence-corrected chi connectivity index (χ3v) is 11.0. The molecule has 8 atom stereocenters. The van der Waals surface area contributed by atoms with Crippen LogP contribution in [0.1, 0.15) is 59.3 Å². The molecule has 0 aliphatic heterocycles. The van der Waals surface area contributed by atoms with Crippen molar-refractivity contribution in [1.82, 2.24) is 0 Å². The fourth-order valence-corrected chi connectivity index (χ4v) is 8.79. The standard InChI is InChI=1S/C25H32BrFO4/c1-13-14(2)22(19(30)12-31-15(3)28)23(4)8-7-18-17(21(13)23)10-20(27)25(26)11-16(29)6-9-24(18,25)5/h17-18,20-22H,1-2,6-12H2,3-5H3/t17-,18+,20?,21+,22-,23+,24-,25?/m1/s1. The molecule has 0 aromatic rings. The van der Waals surface area contributed by atoms with Crippen molar-refractivity contribution in [2.45, 2.75) is 69.8 Å². The van der Waals surface area contributed by atoms with Gasteiger partial charge in [0, 0.05) is 19.8 Å². The molecule has 0 amide bonds. The molecule has 2 unspecified atom stereocenters. The van der Waals surface area contributed by atoms with E-state index < -0.39 is 27.8 Å². The molecule has 0 N–H and O–H groups in total. The second kappa shape index (κ2) is 7.36. The van der Waals surface area contributed by atoms with Crippen LogP contribution < -0.4 is 0 Å². The minimum Gasteiger partial charge on any atom is -0.458 e. The highest BCUT2D eigenvalue weighted by Crippen LogP contribution is 2.71. The van der Waals surface area contributed by atoms with Gasteiger partial charge in [-0.15, -0.1) is 0 Å². The van der Waals surface area contributed by atoms with Crippen LogP contribution in [0.25, 0.3) is 0 Å². The summed E-state index contributed by atoms with van der Waals surface area (Å²) >= 11 is 3.74. The van der Waals surface area contributed by atoms with E-state index in [2.05, 4.69) is 42.9 Å². The van der Waals surface area contributed by atoms with Gasteiger partial charge in [0.1, 0.15) is 12.0 Å². The van der Waals surface area contributed by atoms with E-state index in [9.17, 15) is 14.4 Å². The van der Waals surface area contributed by atoms with E-state index in [1.807, 2.05) is 0 Å². The van der Waals surface area contributed by atoms with Crippen LogP contribution in [0.5, 0.6) is 0 Å². The molecule has 4 rings (SSSR count). The van der Waals surface area contributed by atoms with Crippen LogP contribution in [0, 0.1) is 34.5 Å². The third-order valence-electron chi connectivity index (χ3n) is 9.31. The van der Waals surface area contributed by atoms with Crippen molar-refractivity contribution in [2.24, 2.45) is 34.5 Å². The number of halogens is 2. The zero-order valence-corrected chi connectivity index (χ0v) is 20.2. The van der Waals surface area contributed by atoms with Gasteiger partial charge in [0.05, 0.1) is 10.2 Å². The molecule has 0 aromatic carbocycles. The average molecular weight is 495 g/mol. The molecule has 0 aromatic heterocycles. The van der Waals surface area contributed by atoms with Crippen molar-refractivity contribution < 1.29 is 23.5 Å². The van der Waals surface area contributed by atoms with Gasteiger partial charge in [0.15, 0.2) is 12.4 Å². The highest BCUT2D eigenvalue weighted by molar-refractivity contribution is 9.10. The minimum atomic E-state index is -1.14. The van der Waals surface area contributed by atoms with Crippen molar-refractivity contribution in [2.75, 3.05) is 6.61 Å². The van der Waals surface area contributed by atoms with Gasteiger partial charge in [0.2, 0.25) is 0 Å². The van der Waals surface area contributed by atoms with Gasteiger partial charge in [-0.2, -0.15) is 0 Å². The zero-order chi connectivity index (χ0) is 22.9. The third kappa shape index (κ3) is 3.07. The van der Waals surface area contributed by atoms with Crippen LogP contribution in [-0.2, 0) is 19.1 Å². The maximum absolute atomic E-state index is 15.8. The lowest BCUT2D eigenvalue weighted by Crippen LogP contribution is -2.64. The van der Waals surface area contributed by atoms with Crippen molar-refractivity contribution in [1.29, 1.82) is 0 Å². The van der Waals surface area contributed by atoms with Crippen LogP contribution >= 0.6 is 15.9 Å². The van der Waals surface area contributed by atoms with Crippen LogP contribution in [0.2, 0.25) is 0 Å². The first-order chi connectivity index (χ1) is 14.4. The number of esters is 1. The van der Waals surface area contributed by atoms with Gasteiger partial charge in [-0.25, -0.2) is 4.39 Å².